The fourth-order valence-corrected chi connectivity index (χ4v) is 3.05. The molecule has 29 heavy (non-hydrogen) atoms. The first-order chi connectivity index (χ1) is 13.8. The molecule has 3 N–H and O–H groups in total. The summed E-state index contributed by atoms with van der Waals surface area (Å²) >= 11 is 3.06. The first kappa shape index (κ1) is 24.9. The number of rotatable bonds is 7. The number of ether oxygens (including phenoxy) is 2. The molecule has 0 fully saturated rings. The van der Waals surface area contributed by atoms with Gasteiger partial charge in [0.15, 0.2) is 0 Å². The second-order valence-corrected chi connectivity index (χ2v) is 7.46. The normalized spacial score (nSPS) is 9.93. The lowest BCUT2D eigenvalue weighted by Gasteiger charge is -2.03. The lowest BCUT2D eigenvalue weighted by Crippen LogP contribution is -2.13. The predicted molar refractivity (Wildman–Crippen MR) is 117 cm³/mol. The number of H-pyrrole nitrogens is 2. The molecule has 0 aliphatic heterocycles. The van der Waals surface area contributed by atoms with Crippen LogP contribution in [0.4, 0.5) is 0 Å². The number of aromatic amines is 2. The Bertz CT molecular complexity index is 942. The number of esters is 2. The van der Waals surface area contributed by atoms with Crippen LogP contribution in [0.25, 0.3) is 0 Å². The third kappa shape index (κ3) is 8.41. The molecule has 0 spiro atoms. The fraction of sp³-hybridized carbons (Fsp3) is 0.333. The topological polar surface area (TPSA) is 139 Å². The van der Waals surface area contributed by atoms with Crippen LogP contribution in [0.1, 0.15) is 34.6 Å². The van der Waals surface area contributed by atoms with Crippen LogP contribution in [0.5, 0.6) is 0 Å². The van der Waals surface area contributed by atoms with Crippen molar-refractivity contribution in [1.82, 2.24) is 9.97 Å². The summed E-state index contributed by atoms with van der Waals surface area (Å²) in [5.41, 5.74) is 0.202. The van der Waals surface area contributed by atoms with Crippen LogP contribution in [0.3, 0.4) is 0 Å². The van der Waals surface area contributed by atoms with Crippen LogP contribution < -0.4 is 11.1 Å². The van der Waals surface area contributed by atoms with Gasteiger partial charge in [-0.2, -0.15) is 0 Å². The molecule has 0 aromatic carbocycles. The van der Waals surface area contributed by atoms with E-state index in [2.05, 4.69) is 9.97 Å². The summed E-state index contributed by atoms with van der Waals surface area (Å²) in [6, 6.07) is 2.97. The molecule has 0 saturated carbocycles. The molecule has 2 aromatic heterocycles. The first-order valence-corrected chi connectivity index (χ1v) is 10.6. The quantitative estimate of drug-likeness (QED) is 0.277. The summed E-state index contributed by atoms with van der Waals surface area (Å²) in [6.45, 7) is 4.04. The van der Waals surface area contributed by atoms with Crippen molar-refractivity contribution in [1.29, 1.82) is 0 Å². The summed E-state index contributed by atoms with van der Waals surface area (Å²) in [5.74, 6) is -0.476. The van der Waals surface area contributed by atoms with E-state index in [4.69, 9.17) is 14.6 Å². The van der Waals surface area contributed by atoms with E-state index >= 15 is 0 Å². The van der Waals surface area contributed by atoms with E-state index in [0.717, 1.165) is 0 Å². The minimum atomic E-state index is -0.468. The monoisotopic (exact) mass is 536 g/mol. The van der Waals surface area contributed by atoms with E-state index in [1.165, 1.54) is 36.3 Å². The van der Waals surface area contributed by atoms with Crippen molar-refractivity contribution >= 4 is 46.3 Å². The highest BCUT2D eigenvalue weighted by Crippen LogP contribution is 2.14. The van der Waals surface area contributed by atoms with Gasteiger partial charge in [0, 0.05) is 18.1 Å². The van der Waals surface area contributed by atoms with Crippen LogP contribution in [0, 0.1) is 3.57 Å². The molecule has 0 amide bonds. The summed E-state index contributed by atoms with van der Waals surface area (Å²) in [7, 11) is 0. The van der Waals surface area contributed by atoms with E-state index in [1.807, 2.05) is 22.6 Å². The summed E-state index contributed by atoms with van der Waals surface area (Å²) in [6.07, 6.45) is 2.67. The number of thioether (sulfide) groups is 1. The third-order valence-electron chi connectivity index (χ3n) is 3.10. The van der Waals surface area contributed by atoms with Gasteiger partial charge in [-0.05, 0) is 48.6 Å². The molecule has 158 valence electrons. The largest absolute Gasteiger partial charge is 0.462 e. The Hall–Kier alpha value is -2.12. The number of pyridine rings is 2. The molecule has 0 saturated heterocycles. The Morgan fingerprint density at radius 3 is 2.00 bits per heavy atom. The molecule has 0 atom stereocenters. The number of hydrogen-bond donors (Lipinski definition) is 3. The molecule has 0 bridgehead atoms. The highest BCUT2D eigenvalue weighted by Gasteiger charge is 2.10. The summed E-state index contributed by atoms with van der Waals surface area (Å²) in [5, 5.41) is 8.66. The van der Waals surface area contributed by atoms with Crippen LogP contribution in [0.15, 0.2) is 39.0 Å². The Labute approximate surface area is 184 Å². The molecular weight excluding hydrogens is 515 g/mol. The van der Waals surface area contributed by atoms with E-state index < -0.39 is 11.9 Å². The van der Waals surface area contributed by atoms with Crippen LogP contribution in [-0.2, 0) is 9.47 Å². The fourth-order valence-electron chi connectivity index (χ4n) is 1.85. The second-order valence-electron chi connectivity index (χ2n) is 5.16. The standard InChI is InChI=1S/C10H13NO4S.C8H8INO3/c1-2-15-10(14)7-5-8(16-4-3-12)9(13)11-6-7;1-2-13-8(12)5-3-6(9)7(11)10-4-5/h5-6,12H,2-4H2,1H3,(H,11,13);3-4H,2H2,1H3,(H,10,11). The maximum Gasteiger partial charge on any atom is 0.339 e. The minimum absolute atomic E-state index is 0.0201. The minimum Gasteiger partial charge on any atom is -0.462 e. The number of hydrogen-bond acceptors (Lipinski definition) is 8. The summed E-state index contributed by atoms with van der Waals surface area (Å²) in [4.78, 5) is 50.1. The molecule has 0 aliphatic carbocycles. The van der Waals surface area contributed by atoms with Crippen molar-refractivity contribution in [3.8, 4) is 0 Å². The molecule has 0 aliphatic rings. The van der Waals surface area contributed by atoms with E-state index in [-0.39, 0.29) is 24.3 Å². The molecule has 0 radical (unpaired) electrons. The number of nitrogens with one attached hydrogen (secondary N) is 2. The van der Waals surface area contributed by atoms with E-state index in [1.54, 1.807) is 13.8 Å². The molecule has 11 heteroatoms. The van der Waals surface area contributed by atoms with Gasteiger partial charge in [0.2, 0.25) is 0 Å². The van der Waals surface area contributed by atoms with Crippen molar-refractivity contribution in [3.05, 3.63) is 59.9 Å². The Balaban J connectivity index is 0.000000296. The van der Waals surface area contributed by atoms with Gasteiger partial charge in [-0.3, -0.25) is 9.59 Å². The maximum atomic E-state index is 11.4. The van der Waals surface area contributed by atoms with Gasteiger partial charge in [0.25, 0.3) is 11.1 Å². The maximum absolute atomic E-state index is 11.4. The van der Waals surface area contributed by atoms with Crippen LogP contribution in [-0.4, -0.2) is 52.6 Å². The van der Waals surface area contributed by atoms with Crippen molar-refractivity contribution in [2.24, 2.45) is 0 Å². The molecule has 2 aromatic rings. The highest BCUT2D eigenvalue weighted by atomic mass is 127. The zero-order valence-corrected chi connectivity index (χ0v) is 18.8. The van der Waals surface area contributed by atoms with Crippen molar-refractivity contribution in [2.75, 3.05) is 25.6 Å². The Kier molecular flexibility index (Phi) is 11.3. The average Bonchev–Trinajstić information content (AvgIpc) is 2.70. The number of aliphatic hydroxyl groups excluding tert-OH is 1. The van der Waals surface area contributed by atoms with Gasteiger partial charge in [0.05, 0.1) is 39.4 Å². The number of carbonyl (C=O) groups is 2. The van der Waals surface area contributed by atoms with Gasteiger partial charge in [-0.15, -0.1) is 11.8 Å². The van der Waals surface area contributed by atoms with Gasteiger partial charge >= 0.3 is 11.9 Å². The highest BCUT2D eigenvalue weighted by molar-refractivity contribution is 14.1. The molecule has 0 unspecified atom stereocenters. The Morgan fingerprint density at radius 2 is 1.52 bits per heavy atom. The zero-order valence-electron chi connectivity index (χ0n) is 15.8. The lowest BCUT2D eigenvalue weighted by molar-refractivity contribution is 0.0516. The first-order valence-electron chi connectivity index (χ1n) is 8.52. The van der Waals surface area contributed by atoms with Gasteiger partial charge in [-0.1, -0.05) is 0 Å². The number of aliphatic hydroxyl groups is 1. The van der Waals surface area contributed by atoms with Gasteiger partial charge < -0.3 is 24.5 Å². The lowest BCUT2D eigenvalue weighted by atomic mass is 10.3. The molecule has 2 rings (SSSR count). The second kappa shape index (κ2) is 13.2. The number of carbonyl (C=O) groups excluding carboxylic acids is 2. The van der Waals surface area contributed by atoms with Crippen molar-refractivity contribution in [3.63, 3.8) is 0 Å². The van der Waals surface area contributed by atoms with E-state index in [9.17, 15) is 19.2 Å². The molecular formula is C18H21IN2O7S. The Morgan fingerprint density at radius 1 is 1.00 bits per heavy atom. The van der Waals surface area contributed by atoms with Crippen LogP contribution >= 0.6 is 34.4 Å². The molecule has 2 heterocycles. The van der Waals surface area contributed by atoms with Crippen molar-refractivity contribution in [2.45, 2.75) is 18.7 Å². The number of aromatic nitrogens is 2. The SMILES string of the molecule is CCOC(=O)c1c[nH]c(=O)c(I)c1.CCOC(=O)c1c[nH]c(=O)c(SCCO)c1. The zero-order chi connectivity index (χ0) is 21.8. The third-order valence-corrected chi connectivity index (χ3v) is 4.90. The number of halogens is 1. The smallest absolute Gasteiger partial charge is 0.339 e. The van der Waals surface area contributed by atoms with Gasteiger partial charge in [-0.25, -0.2) is 9.59 Å². The van der Waals surface area contributed by atoms with E-state index in [0.29, 0.717) is 32.0 Å². The van der Waals surface area contributed by atoms with Gasteiger partial charge in [0.1, 0.15) is 0 Å². The summed E-state index contributed by atoms with van der Waals surface area (Å²) < 4.78 is 10.0. The van der Waals surface area contributed by atoms with Crippen molar-refractivity contribution < 1.29 is 24.2 Å². The van der Waals surface area contributed by atoms with Crippen LogP contribution in [0.2, 0.25) is 0 Å². The average molecular weight is 536 g/mol. The molecule has 9 nitrogen and oxygen atoms in total. The predicted octanol–water partition coefficient (Wildman–Crippen LogP) is 1.79.